The Hall–Kier alpha value is -1.14. The number of hydrogen-bond donors (Lipinski definition) is 2. The lowest BCUT2D eigenvalue weighted by Crippen LogP contribution is -2.46. The fraction of sp³-hybridized carbons (Fsp3) is 0.857. The Morgan fingerprint density at radius 3 is 2.75 bits per heavy atom. The fourth-order valence-corrected chi connectivity index (χ4v) is 3.16. The lowest BCUT2D eigenvalue weighted by atomic mass is 9.99. The van der Waals surface area contributed by atoms with Crippen LogP contribution in [0.1, 0.15) is 25.7 Å². The average molecular weight is 280 g/mol. The van der Waals surface area contributed by atoms with E-state index < -0.39 is 0 Å². The fourth-order valence-electron chi connectivity index (χ4n) is 3.16. The molecule has 0 aromatic heterocycles. The molecule has 1 atom stereocenters. The molecule has 3 amide bonds. The first kappa shape index (κ1) is 13.8. The number of nitrogens with zero attached hydrogens (tertiary/aromatic N) is 2. The van der Waals surface area contributed by atoms with Crippen LogP contribution in [0.2, 0.25) is 0 Å². The van der Waals surface area contributed by atoms with Crippen LogP contribution in [0, 0.1) is 5.92 Å². The van der Waals surface area contributed by atoms with E-state index in [1.165, 1.54) is 30.6 Å². The van der Waals surface area contributed by atoms with Crippen LogP contribution < -0.4 is 10.6 Å². The molecule has 0 radical (unpaired) electrons. The molecule has 2 aliphatic heterocycles. The maximum Gasteiger partial charge on any atom is 0.324 e. The molecule has 2 heterocycles. The van der Waals surface area contributed by atoms with Gasteiger partial charge < -0.3 is 10.6 Å². The molecule has 20 heavy (non-hydrogen) atoms. The molecule has 0 aromatic carbocycles. The maximum atomic E-state index is 12.2. The second-order valence-corrected chi connectivity index (χ2v) is 6.15. The maximum absolute atomic E-state index is 12.2. The molecule has 0 spiro atoms. The minimum Gasteiger partial charge on any atom is -0.336 e. The number of urea groups is 1. The van der Waals surface area contributed by atoms with Crippen molar-refractivity contribution in [3.8, 4) is 0 Å². The Balaban J connectivity index is 1.53. The predicted molar refractivity (Wildman–Crippen MR) is 75.3 cm³/mol. The topological polar surface area (TPSA) is 64.7 Å². The summed E-state index contributed by atoms with van der Waals surface area (Å²) in [6.45, 7) is 4.66. The Kier molecular flexibility index (Phi) is 4.21. The van der Waals surface area contributed by atoms with Gasteiger partial charge >= 0.3 is 6.03 Å². The standard InChI is InChI=1S/C14H24N4O2/c19-13(18-7-6-16-14(18)20)10-17(12-3-4-12)9-11-2-1-5-15-8-11/h11-12,15H,1-10H2,(H,16,20). The van der Waals surface area contributed by atoms with Crippen LogP contribution in [-0.2, 0) is 4.79 Å². The van der Waals surface area contributed by atoms with Crippen molar-refractivity contribution < 1.29 is 9.59 Å². The van der Waals surface area contributed by atoms with Gasteiger partial charge in [-0.2, -0.15) is 0 Å². The summed E-state index contributed by atoms with van der Waals surface area (Å²) in [5.74, 6) is 0.597. The highest BCUT2D eigenvalue weighted by Gasteiger charge is 2.35. The summed E-state index contributed by atoms with van der Waals surface area (Å²) in [6, 6.07) is 0.330. The van der Waals surface area contributed by atoms with Gasteiger partial charge in [0.25, 0.3) is 0 Å². The molecule has 0 aromatic rings. The van der Waals surface area contributed by atoms with E-state index in [0.717, 1.165) is 19.6 Å². The molecule has 112 valence electrons. The largest absolute Gasteiger partial charge is 0.336 e. The van der Waals surface area contributed by atoms with Crippen molar-refractivity contribution in [1.82, 2.24) is 20.4 Å². The highest BCUT2D eigenvalue weighted by Crippen LogP contribution is 2.28. The number of hydrogen-bond acceptors (Lipinski definition) is 4. The zero-order valence-corrected chi connectivity index (χ0v) is 11.9. The SMILES string of the molecule is O=C(CN(CC1CCCNC1)C1CC1)N1CCNC1=O. The highest BCUT2D eigenvalue weighted by molar-refractivity contribution is 5.96. The highest BCUT2D eigenvalue weighted by atomic mass is 16.2. The van der Waals surface area contributed by atoms with E-state index in [2.05, 4.69) is 15.5 Å². The van der Waals surface area contributed by atoms with Gasteiger partial charge in [0.15, 0.2) is 0 Å². The summed E-state index contributed by atoms with van der Waals surface area (Å²) in [4.78, 5) is 27.4. The van der Waals surface area contributed by atoms with Crippen molar-refractivity contribution in [2.45, 2.75) is 31.7 Å². The van der Waals surface area contributed by atoms with Gasteiger partial charge in [0.05, 0.1) is 6.54 Å². The first-order valence-electron chi connectivity index (χ1n) is 7.77. The predicted octanol–water partition coefficient (Wildman–Crippen LogP) is 0.00220. The summed E-state index contributed by atoms with van der Waals surface area (Å²) in [7, 11) is 0. The van der Waals surface area contributed by atoms with Crippen LogP contribution >= 0.6 is 0 Å². The van der Waals surface area contributed by atoms with Gasteiger partial charge in [0, 0.05) is 25.7 Å². The van der Waals surface area contributed by atoms with Gasteiger partial charge in [-0.1, -0.05) is 0 Å². The number of piperidine rings is 1. The van der Waals surface area contributed by atoms with Crippen LogP contribution in [0.15, 0.2) is 0 Å². The summed E-state index contributed by atoms with van der Waals surface area (Å²) in [6.07, 6.45) is 4.86. The molecular formula is C14H24N4O2. The summed E-state index contributed by atoms with van der Waals surface area (Å²) in [5, 5.41) is 6.12. The average Bonchev–Trinajstić information content (AvgIpc) is 3.21. The van der Waals surface area contributed by atoms with Gasteiger partial charge in [0.1, 0.15) is 0 Å². The minimum atomic E-state index is -0.231. The zero-order chi connectivity index (χ0) is 13.9. The molecule has 1 unspecified atom stereocenters. The summed E-state index contributed by atoms with van der Waals surface area (Å²) >= 11 is 0. The van der Waals surface area contributed by atoms with Gasteiger partial charge in [-0.3, -0.25) is 14.6 Å². The molecule has 3 rings (SSSR count). The van der Waals surface area contributed by atoms with Crippen LogP contribution in [0.5, 0.6) is 0 Å². The second kappa shape index (κ2) is 6.10. The van der Waals surface area contributed by atoms with Crippen LogP contribution in [-0.4, -0.2) is 67.0 Å². The lowest BCUT2D eigenvalue weighted by molar-refractivity contribution is -0.129. The Morgan fingerprint density at radius 1 is 1.30 bits per heavy atom. The molecule has 1 aliphatic carbocycles. The van der Waals surface area contributed by atoms with Gasteiger partial charge in [-0.05, 0) is 44.7 Å². The number of carbonyl (C=O) groups is 2. The number of nitrogens with one attached hydrogen (secondary N) is 2. The van der Waals surface area contributed by atoms with Gasteiger partial charge in [0.2, 0.25) is 5.91 Å². The number of imide groups is 1. The molecule has 2 N–H and O–H groups in total. The van der Waals surface area contributed by atoms with Crippen molar-refractivity contribution in [1.29, 1.82) is 0 Å². The molecule has 3 aliphatic rings. The minimum absolute atomic E-state index is 0.0457. The van der Waals surface area contributed by atoms with Crippen molar-refractivity contribution in [2.75, 3.05) is 39.3 Å². The molecule has 2 saturated heterocycles. The third-order valence-electron chi connectivity index (χ3n) is 4.45. The van der Waals surface area contributed by atoms with Crippen LogP contribution in [0.3, 0.4) is 0 Å². The monoisotopic (exact) mass is 280 g/mol. The third kappa shape index (κ3) is 3.30. The number of carbonyl (C=O) groups excluding carboxylic acids is 2. The van der Waals surface area contributed by atoms with Crippen molar-refractivity contribution in [3.63, 3.8) is 0 Å². The first-order chi connectivity index (χ1) is 9.74. The summed E-state index contributed by atoms with van der Waals surface area (Å²) < 4.78 is 0. The number of rotatable bonds is 5. The van der Waals surface area contributed by atoms with Gasteiger partial charge in [-0.25, -0.2) is 4.79 Å². The molecule has 1 saturated carbocycles. The van der Waals surface area contributed by atoms with E-state index in [-0.39, 0.29) is 11.9 Å². The van der Waals surface area contributed by atoms with E-state index >= 15 is 0 Å². The Labute approximate surface area is 119 Å². The van der Waals surface area contributed by atoms with Crippen LogP contribution in [0.4, 0.5) is 4.79 Å². The van der Waals surface area contributed by atoms with Crippen molar-refractivity contribution >= 4 is 11.9 Å². The Morgan fingerprint density at radius 2 is 2.15 bits per heavy atom. The molecule has 3 fully saturated rings. The second-order valence-electron chi connectivity index (χ2n) is 6.15. The van der Waals surface area contributed by atoms with Crippen molar-refractivity contribution in [2.24, 2.45) is 5.92 Å². The van der Waals surface area contributed by atoms with Crippen LogP contribution in [0.25, 0.3) is 0 Å². The lowest BCUT2D eigenvalue weighted by Gasteiger charge is -2.30. The molecule has 6 heteroatoms. The van der Waals surface area contributed by atoms with E-state index in [1.54, 1.807) is 0 Å². The summed E-state index contributed by atoms with van der Waals surface area (Å²) in [5.41, 5.74) is 0. The van der Waals surface area contributed by atoms with E-state index in [1.807, 2.05) is 0 Å². The smallest absolute Gasteiger partial charge is 0.324 e. The third-order valence-corrected chi connectivity index (χ3v) is 4.45. The molecule has 6 nitrogen and oxygen atoms in total. The molecular weight excluding hydrogens is 256 g/mol. The van der Waals surface area contributed by atoms with E-state index in [9.17, 15) is 9.59 Å². The molecule has 0 bridgehead atoms. The Bertz CT molecular complexity index is 377. The zero-order valence-electron chi connectivity index (χ0n) is 11.9. The van der Waals surface area contributed by atoms with Gasteiger partial charge in [-0.15, -0.1) is 0 Å². The number of amides is 3. The first-order valence-corrected chi connectivity index (χ1v) is 7.77. The normalized spacial score (nSPS) is 26.9. The van der Waals surface area contributed by atoms with Crippen molar-refractivity contribution in [3.05, 3.63) is 0 Å². The van der Waals surface area contributed by atoms with E-state index in [0.29, 0.717) is 31.6 Å². The quantitative estimate of drug-likeness (QED) is 0.744. The van der Waals surface area contributed by atoms with E-state index in [4.69, 9.17) is 0 Å².